The Morgan fingerprint density at radius 2 is 1.60 bits per heavy atom. The highest BCUT2D eigenvalue weighted by Gasteiger charge is 2.28. The molecule has 0 heterocycles. The summed E-state index contributed by atoms with van der Waals surface area (Å²) in [6.45, 7) is -2.27. The van der Waals surface area contributed by atoms with E-state index in [4.69, 9.17) is 0 Å². The van der Waals surface area contributed by atoms with Gasteiger partial charge in [-0.15, -0.1) is 0 Å². The van der Waals surface area contributed by atoms with Crippen LogP contribution in [0.1, 0.15) is 12.8 Å². The summed E-state index contributed by atoms with van der Waals surface area (Å²) in [5.41, 5.74) is 0. The number of alkyl halides is 4. The standard InChI is InChI=1S/C6H10F4O4S/c7-3-1-4-13-15(11,12)14-5-2-6(8,9)10/h1-5H2. The summed E-state index contributed by atoms with van der Waals surface area (Å²) in [6, 6.07) is 0. The summed E-state index contributed by atoms with van der Waals surface area (Å²) in [7, 11) is -4.44. The molecule has 0 bridgehead atoms. The molecule has 4 nitrogen and oxygen atoms in total. The Labute approximate surface area is 84.5 Å². The van der Waals surface area contributed by atoms with Gasteiger partial charge < -0.3 is 0 Å². The van der Waals surface area contributed by atoms with Crippen molar-refractivity contribution in [3.63, 3.8) is 0 Å². The molecule has 0 saturated heterocycles. The Morgan fingerprint density at radius 1 is 1.07 bits per heavy atom. The summed E-state index contributed by atoms with van der Waals surface area (Å²) in [5.74, 6) is 0. The average molecular weight is 254 g/mol. The van der Waals surface area contributed by atoms with Crippen molar-refractivity contribution in [3.8, 4) is 0 Å². The highest BCUT2D eigenvalue weighted by molar-refractivity contribution is 7.81. The molecule has 0 atom stereocenters. The quantitative estimate of drug-likeness (QED) is 0.511. The Morgan fingerprint density at radius 3 is 2.07 bits per heavy atom. The predicted molar refractivity (Wildman–Crippen MR) is 42.1 cm³/mol. The molecule has 0 fully saturated rings. The van der Waals surface area contributed by atoms with Gasteiger partial charge in [0.2, 0.25) is 0 Å². The number of rotatable bonds is 7. The molecule has 0 aliphatic heterocycles. The van der Waals surface area contributed by atoms with E-state index >= 15 is 0 Å². The van der Waals surface area contributed by atoms with Gasteiger partial charge >= 0.3 is 16.6 Å². The Bertz CT molecular complexity index is 261. The topological polar surface area (TPSA) is 52.6 Å². The molecule has 0 N–H and O–H groups in total. The van der Waals surface area contributed by atoms with Crippen LogP contribution < -0.4 is 0 Å². The van der Waals surface area contributed by atoms with Crippen molar-refractivity contribution in [3.05, 3.63) is 0 Å². The molecular formula is C6H10F4O4S. The molecule has 0 rings (SSSR count). The maximum Gasteiger partial charge on any atom is 0.399 e. The van der Waals surface area contributed by atoms with Crippen LogP contribution >= 0.6 is 0 Å². The van der Waals surface area contributed by atoms with Gasteiger partial charge in [-0.1, -0.05) is 0 Å². The minimum Gasteiger partial charge on any atom is -0.251 e. The highest BCUT2D eigenvalue weighted by Crippen LogP contribution is 2.19. The van der Waals surface area contributed by atoms with Crippen LogP contribution in [0.5, 0.6) is 0 Å². The third-order valence-electron chi connectivity index (χ3n) is 1.12. The van der Waals surface area contributed by atoms with Gasteiger partial charge in [-0.25, -0.2) is 8.37 Å². The molecule has 0 aliphatic carbocycles. The lowest BCUT2D eigenvalue weighted by atomic mass is 10.5. The molecule has 0 aromatic rings. The summed E-state index contributed by atoms with van der Waals surface area (Å²) < 4.78 is 75.4. The van der Waals surface area contributed by atoms with Gasteiger partial charge in [0.1, 0.15) is 0 Å². The van der Waals surface area contributed by atoms with Crippen molar-refractivity contribution in [1.82, 2.24) is 0 Å². The second-order valence-electron chi connectivity index (χ2n) is 2.46. The van der Waals surface area contributed by atoms with Crippen LogP contribution in [0.25, 0.3) is 0 Å². The minimum absolute atomic E-state index is 0.165. The van der Waals surface area contributed by atoms with Gasteiger partial charge in [-0.05, 0) is 0 Å². The normalized spacial score (nSPS) is 13.1. The Hall–Kier alpha value is -0.410. The van der Waals surface area contributed by atoms with E-state index in [0.717, 1.165) is 0 Å². The molecule has 0 saturated carbocycles. The fourth-order valence-corrected chi connectivity index (χ4v) is 1.19. The highest BCUT2D eigenvalue weighted by atomic mass is 32.3. The first kappa shape index (κ1) is 14.6. The monoisotopic (exact) mass is 254 g/mol. The molecule has 0 amide bonds. The van der Waals surface area contributed by atoms with Crippen molar-refractivity contribution in [1.29, 1.82) is 0 Å². The van der Waals surface area contributed by atoms with E-state index in [0.29, 0.717) is 0 Å². The first-order valence-corrected chi connectivity index (χ1v) is 5.27. The van der Waals surface area contributed by atoms with Crippen LogP contribution in [0.15, 0.2) is 0 Å². The first-order valence-electron chi connectivity index (χ1n) is 3.93. The van der Waals surface area contributed by atoms with Crippen LogP contribution in [0.3, 0.4) is 0 Å². The first-order chi connectivity index (χ1) is 6.77. The maximum atomic E-state index is 11.6. The molecule has 0 radical (unpaired) electrons. The molecule has 0 aromatic heterocycles. The Balaban J connectivity index is 3.75. The smallest absolute Gasteiger partial charge is 0.251 e. The average Bonchev–Trinajstić information content (AvgIpc) is 2.01. The molecule has 0 aromatic carbocycles. The van der Waals surface area contributed by atoms with E-state index in [2.05, 4.69) is 8.37 Å². The lowest BCUT2D eigenvalue weighted by Gasteiger charge is -2.07. The largest absolute Gasteiger partial charge is 0.399 e. The van der Waals surface area contributed by atoms with E-state index in [9.17, 15) is 26.0 Å². The van der Waals surface area contributed by atoms with E-state index < -0.39 is 42.9 Å². The molecule has 15 heavy (non-hydrogen) atoms. The van der Waals surface area contributed by atoms with Gasteiger partial charge in [-0.2, -0.15) is 21.6 Å². The van der Waals surface area contributed by atoms with E-state index in [1.807, 2.05) is 0 Å². The lowest BCUT2D eigenvalue weighted by Crippen LogP contribution is -2.17. The lowest BCUT2D eigenvalue weighted by molar-refractivity contribution is -0.139. The summed E-state index contributed by atoms with van der Waals surface area (Å²) in [5, 5.41) is 0. The molecule has 9 heteroatoms. The van der Waals surface area contributed by atoms with Crippen molar-refractivity contribution in [2.45, 2.75) is 19.0 Å². The number of hydrogen-bond acceptors (Lipinski definition) is 4. The predicted octanol–water partition coefficient (Wildman–Crippen LogP) is 1.58. The zero-order valence-corrected chi connectivity index (χ0v) is 8.41. The van der Waals surface area contributed by atoms with Crippen LogP contribution in [0, 0.1) is 0 Å². The summed E-state index contributed by atoms with van der Waals surface area (Å²) in [6.07, 6.45) is -6.05. The second kappa shape index (κ2) is 6.23. The minimum atomic E-state index is -4.49. The second-order valence-corrected chi connectivity index (χ2v) is 3.75. The zero-order valence-electron chi connectivity index (χ0n) is 7.59. The molecule has 0 spiro atoms. The van der Waals surface area contributed by atoms with Crippen LogP contribution in [0.2, 0.25) is 0 Å². The summed E-state index contributed by atoms with van der Waals surface area (Å²) in [4.78, 5) is 0. The van der Waals surface area contributed by atoms with Crippen molar-refractivity contribution in [2.75, 3.05) is 19.9 Å². The van der Waals surface area contributed by atoms with Crippen LogP contribution in [-0.4, -0.2) is 34.5 Å². The van der Waals surface area contributed by atoms with Gasteiger partial charge in [-0.3, -0.25) is 4.39 Å². The van der Waals surface area contributed by atoms with Crippen LogP contribution in [-0.2, 0) is 18.8 Å². The molecule has 92 valence electrons. The molecule has 0 unspecified atom stereocenters. The summed E-state index contributed by atoms with van der Waals surface area (Å²) >= 11 is 0. The van der Waals surface area contributed by atoms with Crippen molar-refractivity contribution < 1.29 is 34.3 Å². The van der Waals surface area contributed by atoms with Crippen molar-refractivity contribution >= 4 is 10.4 Å². The van der Waals surface area contributed by atoms with Gasteiger partial charge in [0.25, 0.3) is 0 Å². The number of halogens is 4. The van der Waals surface area contributed by atoms with E-state index in [1.54, 1.807) is 0 Å². The third kappa shape index (κ3) is 9.88. The third-order valence-corrected chi connectivity index (χ3v) is 2.03. The van der Waals surface area contributed by atoms with E-state index in [1.165, 1.54) is 0 Å². The van der Waals surface area contributed by atoms with Gasteiger partial charge in [0, 0.05) is 6.42 Å². The Kier molecular flexibility index (Phi) is 6.06. The zero-order chi connectivity index (χ0) is 11.9. The SMILES string of the molecule is O=S(=O)(OCCCF)OCCC(F)(F)F. The van der Waals surface area contributed by atoms with Crippen molar-refractivity contribution in [2.24, 2.45) is 0 Å². The van der Waals surface area contributed by atoms with Gasteiger partial charge in [0.05, 0.1) is 26.3 Å². The fourth-order valence-electron chi connectivity index (χ4n) is 0.509. The van der Waals surface area contributed by atoms with Crippen LogP contribution in [0.4, 0.5) is 17.6 Å². The molecule has 0 aliphatic rings. The van der Waals surface area contributed by atoms with Gasteiger partial charge in [0.15, 0.2) is 0 Å². The molecular weight excluding hydrogens is 244 g/mol. The number of hydrogen-bond donors (Lipinski definition) is 0. The maximum absolute atomic E-state index is 11.6. The van der Waals surface area contributed by atoms with E-state index in [-0.39, 0.29) is 6.42 Å². The fraction of sp³-hybridized carbons (Fsp3) is 1.00.